The lowest BCUT2D eigenvalue weighted by atomic mass is 9.77. The van der Waals surface area contributed by atoms with E-state index >= 15 is 0 Å². The highest BCUT2D eigenvalue weighted by Crippen LogP contribution is 2.35. The van der Waals surface area contributed by atoms with Crippen molar-refractivity contribution in [3.63, 3.8) is 0 Å². The minimum absolute atomic E-state index is 0. The van der Waals surface area contributed by atoms with Gasteiger partial charge in [-0.25, -0.2) is 0 Å². The monoisotopic (exact) mass is 375 g/mol. The fourth-order valence-corrected chi connectivity index (χ4v) is 4.06. The van der Waals surface area contributed by atoms with E-state index in [2.05, 4.69) is 31.2 Å². The summed E-state index contributed by atoms with van der Waals surface area (Å²) in [6.45, 7) is 8.26. The molecule has 1 saturated carbocycles. The molecule has 0 saturated heterocycles. The lowest BCUT2D eigenvalue weighted by molar-refractivity contribution is -0.126. The van der Waals surface area contributed by atoms with Crippen molar-refractivity contribution in [1.82, 2.24) is 0 Å². The van der Waals surface area contributed by atoms with Gasteiger partial charge in [0.05, 0.1) is 0 Å². The van der Waals surface area contributed by atoms with E-state index < -0.39 is 0 Å². The first-order valence-electron chi connectivity index (χ1n) is 10.6. The molecule has 0 bridgehead atoms. The zero-order valence-electron chi connectivity index (χ0n) is 17.7. The van der Waals surface area contributed by atoms with Crippen LogP contribution in [-0.4, -0.2) is 17.0 Å². The third-order valence-electron chi connectivity index (χ3n) is 5.88. The Kier molecular flexibility index (Phi) is 9.38. The van der Waals surface area contributed by atoms with Crippen LogP contribution >= 0.6 is 0 Å². The molecular weight excluding hydrogens is 334 g/mol. The highest BCUT2D eigenvalue weighted by Gasteiger charge is 2.28. The van der Waals surface area contributed by atoms with Crippen LogP contribution in [0.1, 0.15) is 104 Å². The van der Waals surface area contributed by atoms with Gasteiger partial charge in [-0.1, -0.05) is 84.1 Å². The van der Waals surface area contributed by atoms with Gasteiger partial charge in [-0.05, 0) is 36.3 Å². The van der Waals surface area contributed by atoms with Crippen LogP contribution in [0.5, 0.6) is 0 Å². The maximum absolute atomic E-state index is 12.7. The van der Waals surface area contributed by atoms with E-state index in [1.165, 1.54) is 24.8 Å². The van der Waals surface area contributed by atoms with Crippen LogP contribution in [0.15, 0.2) is 24.3 Å². The molecule has 1 unspecified atom stereocenters. The Labute approximate surface area is 167 Å². The molecule has 3 N–H and O–H groups in total. The molecule has 1 atom stereocenters. The molecule has 1 aromatic carbocycles. The SMILES string of the molecule is CCCCC(CC(=O)C(C)(C)C)c1ccccc1C(=N)C1CCCCC1.O.[HH]. The zero-order valence-corrected chi connectivity index (χ0v) is 17.7. The van der Waals surface area contributed by atoms with Crippen molar-refractivity contribution in [2.45, 2.75) is 91.4 Å². The molecular formula is C24H41NO2. The molecule has 3 nitrogen and oxygen atoms in total. The average Bonchev–Trinajstić information content (AvgIpc) is 2.64. The van der Waals surface area contributed by atoms with Crippen LogP contribution < -0.4 is 0 Å². The maximum Gasteiger partial charge on any atom is 0.138 e. The van der Waals surface area contributed by atoms with Crippen molar-refractivity contribution < 1.29 is 11.7 Å². The van der Waals surface area contributed by atoms with E-state index in [9.17, 15) is 4.79 Å². The first-order chi connectivity index (χ1) is 12.3. The Morgan fingerprint density at radius 2 is 1.81 bits per heavy atom. The number of Topliss-reactive ketones (excluding diaryl/α,β-unsaturated/α-hetero) is 1. The number of rotatable bonds is 8. The number of carbonyl (C=O) groups is 1. The van der Waals surface area contributed by atoms with Crippen LogP contribution in [-0.2, 0) is 4.79 Å². The molecule has 0 heterocycles. The first-order valence-corrected chi connectivity index (χ1v) is 10.6. The predicted octanol–water partition coefficient (Wildman–Crippen LogP) is 6.34. The normalized spacial score (nSPS) is 16.4. The fourth-order valence-electron chi connectivity index (χ4n) is 4.06. The fraction of sp³-hybridized carbons (Fsp3) is 0.667. The molecule has 0 amide bonds. The van der Waals surface area contributed by atoms with Gasteiger partial charge >= 0.3 is 0 Å². The quantitative estimate of drug-likeness (QED) is 0.529. The van der Waals surface area contributed by atoms with E-state index in [1.807, 2.05) is 20.8 Å². The van der Waals surface area contributed by atoms with Crippen molar-refractivity contribution in [2.75, 3.05) is 0 Å². The van der Waals surface area contributed by atoms with Crippen molar-refractivity contribution in [3.05, 3.63) is 35.4 Å². The largest absolute Gasteiger partial charge is 0.412 e. The number of hydrogen-bond donors (Lipinski definition) is 1. The maximum atomic E-state index is 12.7. The Morgan fingerprint density at radius 1 is 1.19 bits per heavy atom. The van der Waals surface area contributed by atoms with Crippen LogP contribution in [0.4, 0.5) is 0 Å². The van der Waals surface area contributed by atoms with Crippen molar-refractivity contribution in [1.29, 1.82) is 5.41 Å². The minimum atomic E-state index is -0.295. The highest BCUT2D eigenvalue weighted by molar-refractivity contribution is 6.01. The lowest BCUT2D eigenvalue weighted by Crippen LogP contribution is -2.24. The van der Waals surface area contributed by atoms with Crippen LogP contribution in [0.25, 0.3) is 0 Å². The van der Waals surface area contributed by atoms with E-state index in [-0.39, 0.29) is 18.2 Å². The highest BCUT2D eigenvalue weighted by atomic mass is 16.1. The minimum Gasteiger partial charge on any atom is -0.412 e. The van der Waals surface area contributed by atoms with Crippen molar-refractivity contribution in [3.8, 4) is 0 Å². The number of hydrogen-bond acceptors (Lipinski definition) is 2. The smallest absolute Gasteiger partial charge is 0.138 e. The van der Waals surface area contributed by atoms with Crippen molar-refractivity contribution in [2.24, 2.45) is 11.3 Å². The summed E-state index contributed by atoms with van der Waals surface area (Å²) in [5, 5.41) is 8.86. The molecule has 154 valence electrons. The molecule has 0 spiro atoms. The Morgan fingerprint density at radius 3 is 2.41 bits per heavy atom. The zero-order chi connectivity index (χ0) is 19.2. The second-order valence-electron chi connectivity index (χ2n) is 9.05. The summed E-state index contributed by atoms with van der Waals surface area (Å²) in [6, 6.07) is 8.42. The topological polar surface area (TPSA) is 72.4 Å². The summed E-state index contributed by atoms with van der Waals surface area (Å²) in [6.07, 6.45) is 10.0. The second kappa shape index (κ2) is 10.8. The molecule has 1 aliphatic rings. The molecule has 0 aromatic heterocycles. The van der Waals surface area contributed by atoms with Crippen LogP contribution in [0, 0.1) is 16.7 Å². The molecule has 3 heteroatoms. The van der Waals surface area contributed by atoms with Gasteiger partial charge in [0.15, 0.2) is 0 Å². The second-order valence-corrected chi connectivity index (χ2v) is 9.05. The summed E-state index contributed by atoms with van der Waals surface area (Å²) < 4.78 is 0. The molecule has 0 radical (unpaired) electrons. The number of ketones is 1. The third kappa shape index (κ3) is 6.57. The molecule has 1 aromatic rings. The number of unbranched alkanes of at least 4 members (excludes halogenated alkanes) is 1. The Hall–Kier alpha value is -1.48. The van der Waals surface area contributed by atoms with Crippen LogP contribution in [0.3, 0.4) is 0 Å². The Bertz CT molecular complexity index is 615. The predicted molar refractivity (Wildman–Crippen MR) is 117 cm³/mol. The standard InChI is InChI=1S/C24H37NO.H2O.H2/c1-5-6-12-19(17-22(26)24(2,3)4)20-15-10-11-16-21(20)23(25)18-13-8-7-9-14-18;;/h10-11,15-16,18-19,25H,5-9,12-14,17H2,1-4H3;1H2;1H. The molecule has 1 aliphatic carbocycles. The van der Waals surface area contributed by atoms with Gasteiger partial charge in [0, 0.05) is 24.9 Å². The summed E-state index contributed by atoms with van der Waals surface area (Å²) in [7, 11) is 0. The van der Waals surface area contributed by atoms with E-state index in [4.69, 9.17) is 5.41 Å². The third-order valence-corrected chi connectivity index (χ3v) is 5.88. The van der Waals surface area contributed by atoms with Gasteiger partial charge in [-0.15, -0.1) is 0 Å². The number of nitrogens with one attached hydrogen (secondary N) is 1. The van der Waals surface area contributed by atoms with Gasteiger partial charge in [-0.3, -0.25) is 4.79 Å². The first kappa shape index (κ1) is 23.6. The lowest BCUT2D eigenvalue weighted by Gasteiger charge is -2.27. The summed E-state index contributed by atoms with van der Waals surface area (Å²) in [5.74, 6) is 0.967. The summed E-state index contributed by atoms with van der Waals surface area (Å²) in [4.78, 5) is 12.7. The van der Waals surface area contributed by atoms with E-state index in [1.54, 1.807) is 0 Å². The van der Waals surface area contributed by atoms with Gasteiger partial charge in [0.25, 0.3) is 0 Å². The number of benzene rings is 1. The van der Waals surface area contributed by atoms with Gasteiger partial charge in [-0.2, -0.15) is 0 Å². The van der Waals surface area contributed by atoms with E-state index in [0.29, 0.717) is 18.1 Å². The Balaban J connectivity index is 0.00000364. The van der Waals surface area contributed by atoms with Gasteiger partial charge < -0.3 is 10.9 Å². The van der Waals surface area contributed by atoms with Gasteiger partial charge in [0.2, 0.25) is 0 Å². The van der Waals surface area contributed by atoms with E-state index in [0.717, 1.165) is 43.4 Å². The molecule has 27 heavy (non-hydrogen) atoms. The number of carbonyl (C=O) groups excluding carboxylic acids is 1. The van der Waals surface area contributed by atoms with Crippen LogP contribution in [0.2, 0.25) is 0 Å². The average molecular weight is 376 g/mol. The summed E-state index contributed by atoms with van der Waals surface area (Å²) >= 11 is 0. The summed E-state index contributed by atoms with van der Waals surface area (Å²) in [5.41, 5.74) is 2.84. The molecule has 1 fully saturated rings. The van der Waals surface area contributed by atoms with Gasteiger partial charge in [0.1, 0.15) is 5.78 Å². The molecule has 2 rings (SSSR count). The van der Waals surface area contributed by atoms with Crippen molar-refractivity contribution >= 4 is 11.5 Å². The molecule has 0 aliphatic heterocycles.